The molecule has 0 aliphatic carbocycles. The van der Waals surface area contributed by atoms with Crippen LogP contribution in [-0.4, -0.2) is 5.97 Å². The van der Waals surface area contributed by atoms with Gasteiger partial charge in [0.15, 0.2) is 0 Å². The van der Waals surface area contributed by atoms with Crippen molar-refractivity contribution in [1.29, 1.82) is 0 Å². The zero-order valence-electron chi connectivity index (χ0n) is 4.41. The average molecular weight is 214 g/mol. The fourth-order valence-corrected chi connectivity index (χ4v) is 0.243. The standard InChI is InChI=1S/C4H7FO2.Ag/c1-2-3-4(6)7-5;/h2-3H2,1H3;. The number of hydrogen-bond acceptors (Lipinski definition) is 2. The van der Waals surface area contributed by atoms with E-state index in [0.717, 1.165) is 0 Å². The summed E-state index contributed by atoms with van der Waals surface area (Å²) in [6, 6.07) is 0. The Labute approximate surface area is 62.8 Å². The van der Waals surface area contributed by atoms with E-state index in [1.807, 2.05) is 0 Å². The van der Waals surface area contributed by atoms with E-state index in [1.165, 1.54) is 0 Å². The van der Waals surface area contributed by atoms with E-state index in [4.69, 9.17) is 0 Å². The number of halogens is 1. The quantitative estimate of drug-likeness (QED) is 0.645. The molecule has 0 bridgehead atoms. The van der Waals surface area contributed by atoms with Gasteiger partial charge >= 0.3 is 5.97 Å². The molecule has 0 rings (SSSR count). The van der Waals surface area contributed by atoms with Gasteiger partial charge in [0, 0.05) is 33.3 Å². The molecule has 0 aromatic carbocycles. The molecule has 0 saturated carbocycles. The Balaban J connectivity index is 0. The predicted molar refractivity (Wildman–Crippen MR) is 22.1 cm³/mol. The summed E-state index contributed by atoms with van der Waals surface area (Å²) in [5.41, 5.74) is 0. The fourth-order valence-electron chi connectivity index (χ4n) is 0.243. The molecular weight excluding hydrogens is 207 g/mol. The Bertz CT molecular complexity index is 67.1. The van der Waals surface area contributed by atoms with Crippen molar-refractivity contribution in [3.63, 3.8) is 0 Å². The van der Waals surface area contributed by atoms with Crippen molar-refractivity contribution in [2.24, 2.45) is 0 Å². The van der Waals surface area contributed by atoms with Crippen LogP contribution in [0.25, 0.3) is 0 Å². The molecule has 0 aliphatic heterocycles. The van der Waals surface area contributed by atoms with Gasteiger partial charge in [0.05, 0.1) is 0 Å². The van der Waals surface area contributed by atoms with Crippen molar-refractivity contribution in [1.82, 2.24) is 0 Å². The molecule has 0 amide bonds. The Morgan fingerprint density at radius 1 is 1.75 bits per heavy atom. The smallest absolute Gasteiger partial charge is 0.255 e. The molecule has 0 aromatic heterocycles. The van der Waals surface area contributed by atoms with Crippen LogP contribution in [0.2, 0.25) is 0 Å². The van der Waals surface area contributed by atoms with E-state index >= 15 is 0 Å². The Kier molecular flexibility index (Phi) is 9.82. The van der Waals surface area contributed by atoms with E-state index in [9.17, 15) is 9.32 Å². The molecule has 2 nitrogen and oxygen atoms in total. The third kappa shape index (κ3) is 6.14. The largest absolute Gasteiger partial charge is 0.348 e. The first-order chi connectivity index (χ1) is 3.31. The van der Waals surface area contributed by atoms with E-state index in [-0.39, 0.29) is 28.8 Å². The molecule has 0 fully saturated rings. The summed E-state index contributed by atoms with van der Waals surface area (Å²) in [6.07, 6.45) is 0.791. The molecule has 0 atom stereocenters. The molecule has 8 heavy (non-hydrogen) atoms. The second-order valence-corrected chi connectivity index (χ2v) is 1.20. The third-order valence-corrected chi connectivity index (χ3v) is 0.540. The van der Waals surface area contributed by atoms with E-state index in [0.29, 0.717) is 6.42 Å². The van der Waals surface area contributed by atoms with Crippen LogP contribution in [0.5, 0.6) is 0 Å². The van der Waals surface area contributed by atoms with Gasteiger partial charge in [0.1, 0.15) is 0 Å². The molecule has 0 aliphatic rings. The van der Waals surface area contributed by atoms with Gasteiger partial charge in [-0.15, -0.1) is 0 Å². The van der Waals surface area contributed by atoms with Gasteiger partial charge in [-0.05, 0) is 6.42 Å². The van der Waals surface area contributed by atoms with Crippen LogP contribution in [-0.2, 0) is 32.1 Å². The van der Waals surface area contributed by atoms with Crippen molar-refractivity contribution >= 4 is 5.97 Å². The number of hydrogen-bond donors (Lipinski definition) is 0. The van der Waals surface area contributed by atoms with Gasteiger partial charge in [0.2, 0.25) is 0 Å². The molecule has 0 spiro atoms. The summed E-state index contributed by atoms with van der Waals surface area (Å²) in [5.74, 6) is -0.789. The van der Waals surface area contributed by atoms with Gasteiger partial charge in [-0.3, -0.25) is 4.94 Å². The molecule has 4 heteroatoms. The van der Waals surface area contributed by atoms with Crippen LogP contribution in [0.4, 0.5) is 4.53 Å². The van der Waals surface area contributed by atoms with Crippen LogP contribution < -0.4 is 0 Å². The molecule has 0 N–H and O–H groups in total. The number of carbonyl (C=O) groups is 1. The van der Waals surface area contributed by atoms with Crippen LogP contribution in [0, 0.1) is 0 Å². The Hall–Kier alpha value is 0.140. The van der Waals surface area contributed by atoms with Gasteiger partial charge in [-0.25, -0.2) is 4.79 Å². The second kappa shape index (κ2) is 7.14. The predicted octanol–water partition coefficient (Wildman–Crippen LogP) is 1.21. The maximum absolute atomic E-state index is 10.7. The minimum absolute atomic E-state index is 0. The first-order valence-electron chi connectivity index (χ1n) is 2.12. The summed E-state index contributed by atoms with van der Waals surface area (Å²) in [5, 5.41) is 0. The van der Waals surface area contributed by atoms with E-state index < -0.39 is 5.97 Å². The summed E-state index contributed by atoms with van der Waals surface area (Å²) in [6.45, 7) is 1.77. The second-order valence-electron chi connectivity index (χ2n) is 1.20. The Morgan fingerprint density at radius 3 is 2.38 bits per heavy atom. The van der Waals surface area contributed by atoms with Gasteiger partial charge in [0.25, 0.3) is 0 Å². The fraction of sp³-hybridized carbons (Fsp3) is 0.750. The summed E-state index contributed by atoms with van der Waals surface area (Å²) in [4.78, 5) is 12.7. The monoisotopic (exact) mass is 213 g/mol. The molecule has 0 heterocycles. The number of carbonyl (C=O) groups excluding carboxylic acids is 1. The van der Waals surface area contributed by atoms with Crippen molar-refractivity contribution in [3.8, 4) is 0 Å². The summed E-state index contributed by atoms with van der Waals surface area (Å²) >= 11 is 0. The van der Waals surface area contributed by atoms with Crippen LogP contribution in [0.1, 0.15) is 19.8 Å². The maximum Gasteiger partial charge on any atom is 0.348 e. The molecule has 53 valence electrons. The van der Waals surface area contributed by atoms with Crippen LogP contribution in [0.15, 0.2) is 0 Å². The average Bonchev–Trinajstić information content (AvgIpc) is 1.68. The minimum atomic E-state index is -0.789. The zero-order valence-corrected chi connectivity index (χ0v) is 5.89. The zero-order chi connectivity index (χ0) is 5.70. The minimum Gasteiger partial charge on any atom is -0.255 e. The van der Waals surface area contributed by atoms with Crippen LogP contribution in [0.3, 0.4) is 0 Å². The molecule has 0 unspecified atom stereocenters. The molecule has 0 aromatic rings. The SMILES string of the molecule is CCCC(=O)OF.[Ag]. The normalized spacial score (nSPS) is 7.25. The molecular formula is C4H7AgFO2. The third-order valence-electron chi connectivity index (χ3n) is 0.540. The van der Waals surface area contributed by atoms with E-state index in [2.05, 4.69) is 4.94 Å². The van der Waals surface area contributed by atoms with E-state index in [1.54, 1.807) is 6.92 Å². The summed E-state index contributed by atoms with van der Waals surface area (Å²) < 4.78 is 10.7. The van der Waals surface area contributed by atoms with Crippen molar-refractivity contribution in [2.45, 2.75) is 19.8 Å². The van der Waals surface area contributed by atoms with Crippen LogP contribution >= 0.6 is 0 Å². The van der Waals surface area contributed by atoms with Crippen molar-refractivity contribution in [3.05, 3.63) is 0 Å². The van der Waals surface area contributed by atoms with Crippen molar-refractivity contribution < 1.29 is 36.6 Å². The molecule has 1 radical (unpaired) electrons. The summed E-state index contributed by atoms with van der Waals surface area (Å²) in [7, 11) is 0. The van der Waals surface area contributed by atoms with Gasteiger partial charge < -0.3 is 0 Å². The molecule has 0 saturated heterocycles. The topological polar surface area (TPSA) is 26.3 Å². The number of rotatable bonds is 2. The van der Waals surface area contributed by atoms with Gasteiger partial charge in [-0.2, -0.15) is 0 Å². The first kappa shape index (κ1) is 11.0. The Morgan fingerprint density at radius 2 is 2.25 bits per heavy atom. The van der Waals surface area contributed by atoms with Crippen molar-refractivity contribution in [2.75, 3.05) is 0 Å². The van der Waals surface area contributed by atoms with Gasteiger partial charge in [-0.1, -0.05) is 6.92 Å². The maximum atomic E-state index is 10.7. The first-order valence-corrected chi connectivity index (χ1v) is 2.12.